The number of nitrogens with zero attached hydrogens (tertiary/aromatic N) is 1. The maximum absolute atomic E-state index is 12.3. The van der Waals surface area contributed by atoms with Crippen LogP contribution in [-0.2, 0) is 14.3 Å². The lowest BCUT2D eigenvalue weighted by Crippen LogP contribution is -2.59. The SMILES string of the molecule is C[C@H]1CN(C(=O)[C@@H]2COCCN2)CC(C)(C)O1. The number of morpholine rings is 2. The second-order valence-corrected chi connectivity index (χ2v) is 5.49. The molecule has 1 N–H and O–H groups in total. The van der Waals surface area contributed by atoms with Crippen molar-refractivity contribution in [1.82, 2.24) is 10.2 Å². The van der Waals surface area contributed by atoms with Crippen LogP contribution in [0.5, 0.6) is 0 Å². The quantitative estimate of drug-likeness (QED) is 0.703. The average Bonchev–Trinajstić information content (AvgIpc) is 2.26. The summed E-state index contributed by atoms with van der Waals surface area (Å²) >= 11 is 0. The standard InChI is InChI=1S/C12H22N2O3/c1-9-6-14(8-12(2,3)17-9)11(15)10-7-16-5-4-13-10/h9-10,13H,4-8H2,1-3H3/t9-,10-/m0/s1. The second kappa shape index (κ2) is 4.92. The molecule has 98 valence electrons. The molecule has 2 rings (SSSR count). The summed E-state index contributed by atoms with van der Waals surface area (Å²) in [6.07, 6.45) is 0.0900. The highest BCUT2D eigenvalue weighted by molar-refractivity contribution is 5.82. The molecule has 2 saturated heterocycles. The summed E-state index contributed by atoms with van der Waals surface area (Å²) in [7, 11) is 0. The van der Waals surface area contributed by atoms with E-state index in [1.807, 2.05) is 25.7 Å². The number of hydrogen-bond acceptors (Lipinski definition) is 4. The van der Waals surface area contributed by atoms with Crippen LogP contribution < -0.4 is 5.32 Å². The lowest BCUT2D eigenvalue weighted by molar-refractivity contribution is -0.162. The number of amides is 1. The lowest BCUT2D eigenvalue weighted by atomic mass is 10.0. The molecule has 5 heteroatoms. The lowest BCUT2D eigenvalue weighted by Gasteiger charge is -2.43. The van der Waals surface area contributed by atoms with Crippen molar-refractivity contribution >= 4 is 5.91 Å². The van der Waals surface area contributed by atoms with E-state index in [-0.39, 0.29) is 23.7 Å². The van der Waals surface area contributed by atoms with Gasteiger partial charge in [0, 0.05) is 19.6 Å². The highest BCUT2D eigenvalue weighted by Crippen LogP contribution is 2.21. The maximum Gasteiger partial charge on any atom is 0.242 e. The molecule has 0 aromatic rings. The van der Waals surface area contributed by atoms with E-state index >= 15 is 0 Å². The summed E-state index contributed by atoms with van der Waals surface area (Å²) in [5.41, 5.74) is -0.261. The van der Waals surface area contributed by atoms with Gasteiger partial charge in [0.25, 0.3) is 0 Å². The number of rotatable bonds is 1. The Bertz CT molecular complexity index is 287. The van der Waals surface area contributed by atoms with Crippen molar-refractivity contribution in [2.24, 2.45) is 0 Å². The zero-order chi connectivity index (χ0) is 12.5. The van der Waals surface area contributed by atoms with Gasteiger partial charge in [-0.2, -0.15) is 0 Å². The van der Waals surface area contributed by atoms with E-state index in [0.29, 0.717) is 26.3 Å². The summed E-state index contributed by atoms with van der Waals surface area (Å²) in [5.74, 6) is 0.132. The van der Waals surface area contributed by atoms with Crippen LogP contribution in [0.15, 0.2) is 0 Å². The van der Waals surface area contributed by atoms with Gasteiger partial charge in [-0.1, -0.05) is 0 Å². The number of nitrogens with one attached hydrogen (secondary N) is 1. The molecule has 0 bridgehead atoms. The zero-order valence-corrected chi connectivity index (χ0v) is 10.9. The Balaban J connectivity index is 1.98. The van der Waals surface area contributed by atoms with Gasteiger partial charge >= 0.3 is 0 Å². The first-order chi connectivity index (χ1) is 7.98. The average molecular weight is 242 g/mol. The van der Waals surface area contributed by atoms with Crippen LogP contribution >= 0.6 is 0 Å². The highest BCUT2D eigenvalue weighted by Gasteiger charge is 2.36. The van der Waals surface area contributed by atoms with Gasteiger partial charge in [-0.25, -0.2) is 0 Å². The fourth-order valence-electron chi connectivity index (χ4n) is 2.57. The van der Waals surface area contributed by atoms with Crippen molar-refractivity contribution in [3.05, 3.63) is 0 Å². The topological polar surface area (TPSA) is 50.8 Å². The third kappa shape index (κ3) is 3.18. The highest BCUT2D eigenvalue weighted by atomic mass is 16.5. The Morgan fingerprint density at radius 2 is 2.24 bits per heavy atom. The molecular weight excluding hydrogens is 220 g/mol. The molecule has 2 fully saturated rings. The van der Waals surface area contributed by atoms with E-state index in [1.165, 1.54) is 0 Å². The van der Waals surface area contributed by atoms with Crippen molar-refractivity contribution < 1.29 is 14.3 Å². The fourth-order valence-corrected chi connectivity index (χ4v) is 2.57. The summed E-state index contributed by atoms with van der Waals surface area (Å²) in [6, 6.07) is -0.190. The number of ether oxygens (including phenoxy) is 2. The van der Waals surface area contributed by atoms with Crippen molar-refractivity contribution in [3.63, 3.8) is 0 Å². The molecule has 2 aliphatic heterocycles. The van der Waals surface area contributed by atoms with Gasteiger partial charge in [0.05, 0.1) is 24.9 Å². The van der Waals surface area contributed by atoms with Crippen molar-refractivity contribution in [3.8, 4) is 0 Å². The number of hydrogen-bond donors (Lipinski definition) is 1. The van der Waals surface area contributed by atoms with E-state index in [4.69, 9.17) is 9.47 Å². The molecule has 0 saturated carbocycles. The molecule has 0 radical (unpaired) electrons. The molecule has 1 amide bonds. The predicted octanol–water partition coefficient (Wildman–Crippen LogP) is 0.000700. The first-order valence-electron chi connectivity index (χ1n) is 6.26. The van der Waals surface area contributed by atoms with Gasteiger partial charge in [0.15, 0.2) is 0 Å². The van der Waals surface area contributed by atoms with Crippen LogP contribution in [0.2, 0.25) is 0 Å². The van der Waals surface area contributed by atoms with Crippen LogP contribution in [0.3, 0.4) is 0 Å². The van der Waals surface area contributed by atoms with Crippen LogP contribution in [-0.4, -0.2) is 61.4 Å². The monoisotopic (exact) mass is 242 g/mol. The van der Waals surface area contributed by atoms with Gasteiger partial charge in [-0.15, -0.1) is 0 Å². The minimum atomic E-state index is -0.261. The molecule has 0 aromatic heterocycles. The first-order valence-corrected chi connectivity index (χ1v) is 6.26. The van der Waals surface area contributed by atoms with E-state index in [9.17, 15) is 4.79 Å². The Labute approximate surface area is 102 Å². The number of carbonyl (C=O) groups is 1. The third-order valence-corrected chi connectivity index (χ3v) is 3.10. The summed E-state index contributed by atoms with van der Waals surface area (Å²) in [4.78, 5) is 14.2. The summed E-state index contributed by atoms with van der Waals surface area (Å²) < 4.78 is 11.1. The molecule has 2 atom stereocenters. The molecule has 2 heterocycles. The molecule has 0 aliphatic carbocycles. The van der Waals surface area contributed by atoms with Crippen LogP contribution in [0.25, 0.3) is 0 Å². The van der Waals surface area contributed by atoms with E-state index in [2.05, 4.69) is 5.32 Å². The van der Waals surface area contributed by atoms with Gasteiger partial charge in [-0.05, 0) is 20.8 Å². The molecule has 0 spiro atoms. The van der Waals surface area contributed by atoms with Gasteiger partial charge < -0.3 is 19.7 Å². The van der Waals surface area contributed by atoms with Gasteiger partial charge in [-0.3, -0.25) is 4.79 Å². The summed E-state index contributed by atoms with van der Waals surface area (Å²) in [6.45, 7) is 9.28. The Morgan fingerprint density at radius 3 is 2.82 bits per heavy atom. The second-order valence-electron chi connectivity index (χ2n) is 5.49. The van der Waals surface area contributed by atoms with Crippen LogP contribution in [0.4, 0.5) is 0 Å². The molecular formula is C12H22N2O3. The van der Waals surface area contributed by atoms with E-state index in [1.54, 1.807) is 0 Å². The molecule has 17 heavy (non-hydrogen) atoms. The van der Waals surface area contributed by atoms with Gasteiger partial charge in [0.2, 0.25) is 5.91 Å². The molecule has 5 nitrogen and oxygen atoms in total. The number of carbonyl (C=O) groups excluding carboxylic acids is 1. The normalized spacial score (nSPS) is 33.5. The molecule has 0 aromatic carbocycles. The van der Waals surface area contributed by atoms with Crippen molar-refractivity contribution in [1.29, 1.82) is 0 Å². The third-order valence-electron chi connectivity index (χ3n) is 3.10. The Morgan fingerprint density at radius 1 is 1.47 bits per heavy atom. The largest absolute Gasteiger partial charge is 0.378 e. The summed E-state index contributed by atoms with van der Waals surface area (Å²) in [5, 5.41) is 3.20. The fraction of sp³-hybridized carbons (Fsp3) is 0.917. The molecule has 0 unspecified atom stereocenters. The molecule has 2 aliphatic rings. The zero-order valence-electron chi connectivity index (χ0n) is 10.9. The van der Waals surface area contributed by atoms with Gasteiger partial charge in [0.1, 0.15) is 6.04 Å². The van der Waals surface area contributed by atoms with Crippen LogP contribution in [0.1, 0.15) is 20.8 Å². The predicted molar refractivity (Wildman–Crippen MR) is 63.8 cm³/mol. The van der Waals surface area contributed by atoms with E-state index < -0.39 is 0 Å². The van der Waals surface area contributed by atoms with Crippen molar-refractivity contribution in [2.45, 2.75) is 38.5 Å². The van der Waals surface area contributed by atoms with Crippen LogP contribution in [0, 0.1) is 0 Å². The first kappa shape index (κ1) is 12.8. The smallest absolute Gasteiger partial charge is 0.242 e. The van der Waals surface area contributed by atoms with Crippen molar-refractivity contribution in [2.75, 3.05) is 32.8 Å². The Kier molecular flexibility index (Phi) is 3.70. The maximum atomic E-state index is 12.3. The van der Waals surface area contributed by atoms with E-state index in [0.717, 1.165) is 6.54 Å². The minimum absolute atomic E-state index is 0.0900. The Hall–Kier alpha value is -0.650. The minimum Gasteiger partial charge on any atom is -0.378 e.